The highest BCUT2D eigenvalue weighted by Crippen LogP contribution is 2.25. The number of rotatable bonds is 5. The highest BCUT2D eigenvalue weighted by Gasteiger charge is 2.27. The van der Waals surface area contributed by atoms with Gasteiger partial charge < -0.3 is 19.8 Å². The van der Waals surface area contributed by atoms with Crippen LogP contribution >= 0.6 is 0 Å². The summed E-state index contributed by atoms with van der Waals surface area (Å²) >= 11 is 0. The fraction of sp³-hybridized carbons (Fsp3) is 0.600. The van der Waals surface area contributed by atoms with Crippen molar-refractivity contribution in [3.05, 3.63) is 29.8 Å². The minimum absolute atomic E-state index is 0.0400. The lowest BCUT2D eigenvalue weighted by molar-refractivity contribution is -0.145. The molecule has 6 nitrogen and oxygen atoms in total. The predicted octanol–water partition coefficient (Wildman–Crippen LogP) is 1.62. The van der Waals surface area contributed by atoms with Gasteiger partial charge in [0, 0.05) is 38.9 Å². The minimum atomic E-state index is -0.966. The second-order valence-corrected chi connectivity index (χ2v) is 7.34. The summed E-state index contributed by atoms with van der Waals surface area (Å²) in [6.45, 7) is 3.23. The van der Waals surface area contributed by atoms with Crippen molar-refractivity contribution >= 4 is 17.5 Å². The van der Waals surface area contributed by atoms with Gasteiger partial charge in [-0.2, -0.15) is 0 Å². The molecule has 0 bridgehead atoms. The monoisotopic (exact) mass is 359 g/mol. The van der Waals surface area contributed by atoms with Crippen LogP contribution < -0.4 is 4.90 Å². The van der Waals surface area contributed by atoms with Crippen molar-refractivity contribution in [2.45, 2.75) is 44.8 Å². The second-order valence-electron chi connectivity index (χ2n) is 7.34. The number of aliphatic hydroxyl groups excluding tert-OH is 1. The highest BCUT2D eigenvalue weighted by atomic mass is 16.3. The van der Waals surface area contributed by atoms with E-state index >= 15 is 0 Å². The van der Waals surface area contributed by atoms with Crippen LogP contribution in [0.4, 0.5) is 5.69 Å². The molecule has 0 saturated carbocycles. The van der Waals surface area contributed by atoms with Crippen LogP contribution in [0.1, 0.15) is 37.7 Å². The summed E-state index contributed by atoms with van der Waals surface area (Å²) in [4.78, 5) is 30.4. The molecular formula is C20H29N3O3. The lowest BCUT2D eigenvalue weighted by Crippen LogP contribution is -2.44. The number of carbonyl (C=O) groups excluding carboxylic acids is 2. The largest absolute Gasteiger partial charge is 0.383 e. The standard InChI is InChI=1S/C20H29N3O3/c1-21(19(25)15-23-13-5-4-10-18(24)20(23)26)14-16-8-2-3-9-17(16)22-11-6-7-12-22/h2-3,8-9,18,24H,4-7,10-15H2,1H3. The van der Waals surface area contributed by atoms with Gasteiger partial charge >= 0.3 is 0 Å². The Bertz CT molecular complexity index is 643. The molecule has 2 amide bonds. The first-order chi connectivity index (χ1) is 12.6. The van der Waals surface area contributed by atoms with Crippen molar-refractivity contribution in [2.75, 3.05) is 38.1 Å². The van der Waals surface area contributed by atoms with Crippen molar-refractivity contribution in [1.82, 2.24) is 9.80 Å². The van der Waals surface area contributed by atoms with E-state index in [9.17, 15) is 14.7 Å². The van der Waals surface area contributed by atoms with Crippen molar-refractivity contribution in [3.63, 3.8) is 0 Å². The molecule has 0 spiro atoms. The minimum Gasteiger partial charge on any atom is -0.383 e. The molecule has 0 aliphatic carbocycles. The van der Waals surface area contributed by atoms with Crippen LogP contribution in [0.3, 0.4) is 0 Å². The molecule has 1 N–H and O–H groups in total. The van der Waals surface area contributed by atoms with E-state index in [1.165, 1.54) is 23.4 Å². The summed E-state index contributed by atoms with van der Waals surface area (Å²) in [6.07, 6.45) is 3.59. The summed E-state index contributed by atoms with van der Waals surface area (Å²) in [5.74, 6) is -0.412. The van der Waals surface area contributed by atoms with Crippen LogP contribution in [0, 0.1) is 0 Å². The normalized spacial score (nSPS) is 21.0. The predicted molar refractivity (Wildman–Crippen MR) is 101 cm³/mol. The number of hydrogen-bond acceptors (Lipinski definition) is 4. The average Bonchev–Trinajstić information content (AvgIpc) is 3.13. The van der Waals surface area contributed by atoms with Gasteiger partial charge in [-0.1, -0.05) is 18.2 Å². The summed E-state index contributed by atoms with van der Waals surface area (Å²) in [5, 5.41) is 9.85. The molecule has 6 heteroatoms. The maximum atomic E-state index is 12.6. The number of anilines is 1. The van der Waals surface area contributed by atoms with Crippen molar-refractivity contribution in [2.24, 2.45) is 0 Å². The first-order valence-corrected chi connectivity index (χ1v) is 9.60. The third kappa shape index (κ3) is 4.36. The number of carbonyl (C=O) groups is 2. The number of amides is 2. The van der Waals surface area contributed by atoms with Gasteiger partial charge in [-0.3, -0.25) is 9.59 Å². The zero-order valence-electron chi connectivity index (χ0n) is 15.6. The molecule has 2 saturated heterocycles. The zero-order valence-corrected chi connectivity index (χ0v) is 15.6. The molecule has 26 heavy (non-hydrogen) atoms. The van der Waals surface area contributed by atoms with Gasteiger partial charge in [0.25, 0.3) is 5.91 Å². The quantitative estimate of drug-likeness (QED) is 0.868. The Kier molecular flexibility index (Phi) is 6.14. The van der Waals surface area contributed by atoms with Gasteiger partial charge in [-0.15, -0.1) is 0 Å². The van der Waals surface area contributed by atoms with E-state index in [1.54, 1.807) is 11.9 Å². The lowest BCUT2D eigenvalue weighted by atomic mass is 10.1. The van der Waals surface area contributed by atoms with Crippen molar-refractivity contribution in [1.29, 1.82) is 0 Å². The smallest absolute Gasteiger partial charge is 0.251 e. The van der Waals surface area contributed by atoms with E-state index in [1.807, 2.05) is 12.1 Å². The molecular weight excluding hydrogens is 330 g/mol. The number of para-hydroxylation sites is 1. The van der Waals surface area contributed by atoms with Crippen LogP contribution in [-0.2, 0) is 16.1 Å². The van der Waals surface area contributed by atoms with Gasteiger partial charge in [0.1, 0.15) is 6.10 Å². The topological polar surface area (TPSA) is 64.1 Å². The molecule has 2 aliphatic rings. The molecule has 1 aromatic carbocycles. The van der Waals surface area contributed by atoms with Crippen LogP contribution in [0.2, 0.25) is 0 Å². The molecule has 1 unspecified atom stereocenters. The average molecular weight is 359 g/mol. The second kappa shape index (κ2) is 8.54. The molecule has 1 atom stereocenters. The summed E-state index contributed by atoms with van der Waals surface area (Å²) in [7, 11) is 1.78. The third-order valence-electron chi connectivity index (χ3n) is 5.35. The summed E-state index contributed by atoms with van der Waals surface area (Å²) in [5.41, 5.74) is 2.33. The Hall–Kier alpha value is -2.08. The van der Waals surface area contributed by atoms with Crippen LogP contribution in [0.5, 0.6) is 0 Å². The molecule has 2 heterocycles. The van der Waals surface area contributed by atoms with Crippen LogP contribution in [0.25, 0.3) is 0 Å². The maximum Gasteiger partial charge on any atom is 0.251 e. The fourth-order valence-corrected chi connectivity index (χ4v) is 3.78. The molecule has 142 valence electrons. The molecule has 0 aromatic heterocycles. The Morgan fingerprint density at radius 1 is 1.15 bits per heavy atom. The van der Waals surface area contributed by atoms with E-state index in [0.29, 0.717) is 19.5 Å². The van der Waals surface area contributed by atoms with E-state index in [2.05, 4.69) is 17.0 Å². The Balaban J connectivity index is 1.63. The Morgan fingerprint density at radius 3 is 2.62 bits per heavy atom. The first-order valence-electron chi connectivity index (χ1n) is 9.60. The zero-order chi connectivity index (χ0) is 18.5. The number of likely N-dealkylation sites (N-methyl/N-ethyl adjacent to an activating group) is 1. The first kappa shape index (κ1) is 18.7. The van der Waals surface area contributed by atoms with Crippen molar-refractivity contribution < 1.29 is 14.7 Å². The van der Waals surface area contributed by atoms with Gasteiger partial charge in [0.15, 0.2) is 0 Å². The highest BCUT2D eigenvalue weighted by molar-refractivity contribution is 5.87. The molecule has 0 radical (unpaired) electrons. The number of hydrogen-bond donors (Lipinski definition) is 1. The van der Waals surface area contributed by atoms with Crippen LogP contribution in [0.15, 0.2) is 24.3 Å². The van der Waals surface area contributed by atoms with E-state index in [0.717, 1.165) is 31.5 Å². The molecule has 1 aromatic rings. The van der Waals surface area contributed by atoms with Gasteiger partial charge in [0.2, 0.25) is 5.91 Å². The van der Waals surface area contributed by atoms with E-state index in [-0.39, 0.29) is 18.4 Å². The van der Waals surface area contributed by atoms with E-state index in [4.69, 9.17) is 0 Å². The lowest BCUT2D eigenvalue weighted by Gasteiger charge is -2.27. The third-order valence-corrected chi connectivity index (χ3v) is 5.35. The fourth-order valence-electron chi connectivity index (χ4n) is 3.78. The molecule has 2 fully saturated rings. The van der Waals surface area contributed by atoms with Crippen LogP contribution in [-0.4, -0.2) is 66.1 Å². The Labute approximate surface area is 155 Å². The summed E-state index contributed by atoms with van der Waals surface area (Å²) < 4.78 is 0. The molecule has 3 rings (SSSR count). The van der Waals surface area contributed by atoms with Gasteiger partial charge in [-0.25, -0.2) is 0 Å². The molecule has 2 aliphatic heterocycles. The number of benzene rings is 1. The van der Waals surface area contributed by atoms with Crippen molar-refractivity contribution in [3.8, 4) is 0 Å². The number of nitrogens with zero attached hydrogens (tertiary/aromatic N) is 3. The Morgan fingerprint density at radius 2 is 1.85 bits per heavy atom. The van der Waals surface area contributed by atoms with E-state index < -0.39 is 6.10 Å². The number of aliphatic hydroxyl groups is 1. The number of likely N-dealkylation sites (tertiary alicyclic amines) is 1. The van der Waals surface area contributed by atoms with Gasteiger partial charge in [0.05, 0.1) is 6.54 Å². The maximum absolute atomic E-state index is 12.6. The summed E-state index contributed by atoms with van der Waals surface area (Å²) in [6, 6.07) is 8.23. The van der Waals surface area contributed by atoms with Gasteiger partial charge in [-0.05, 0) is 43.7 Å². The SMILES string of the molecule is CN(Cc1ccccc1N1CCCC1)C(=O)CN1CCCCC(O)C1=O.